The number of amides is 3. The molecule has 0 saturated heterocycles. The van der Waals surface area contributed by atoms with Crippen LogP contribution in [0, 0.1) is 6.92 Å². The largest absolute Gasteiger partial charge is 0.416 e. The van der Waals surface area contributed by atoms with Crippen LogP contribution in [0.15, 0.2) is 58.9 Å². The summed E-state index contributed by atoms with van der Waals surface area (Å²) in [7, 11) is 0. The summed E-state index contributed by atoms with van der Waals surface area (Å²) in [6.07, 6.45) is -4.44. The van der Waals surface area contributed by atoms with E-state index in [4.69, 9.17) is 4.99 Å². The van der Waals surface area contributed by atoms with Crippen molar-refractivity contribution in [3.05, 3.63) is 81.0 Å². The quantitative estimate of drug-likeness (QED) is 0.523. The Kier molecular flexibility index (Phi) is 4.41. The molecule has 0 saturated carbocycles. The lowest BCUT2D eigenvalue weighted by Crippen LogP contribution is -2.54. The molecule has 10 heteroatoms. The van der Waals surface area contributed by atoms with Gasteiger partial charge in [0, 0.05) is 5.56 Å². The van der Waals surface area contributed by atoms with Gasteiger partial charge in [0.05, 0.1) is 27.9 Å². The highest BCUT2D eigenvalue weighted by Crippen LogP contribution is 2.53. The van der Waals surface area contributed by atoms with Crippen LogP contribution in [-0.4, -0.2) is 29.2 Å². The number of urea groups is 1. The van der Waals surface area contributed by atoms with Crippen LogP contribution >= 0.6 is 11.3 Å². The maximum Gasteiger partial charge on any atom is 0.416 e. The number of carbonyl (C=O) groups is 2. The van der Waals surface area contributed by atoms with Gasteiger partial charge in [-0.25, -0.2) is 4.79 Å². The minimum Gasteiger partial charge on any atom is -0.323 e. The maximum absolute atomic E-state index is 13.7. The van der Waals surface area contributed by atoms with Gasteiger partial charge in [-0.05, 0) is 47.7 Å². The molecule has 1 aromatic heterocycles. The molecule has 2 atom stereocenters. The fraction of sp³-hybridized carbons (Fsp3) is 0.208. The topological polar surface area (TPSA) is 65.0 Å². The van der Waals surface area contributed by atoms with Gasteiger partial charge in [0.2, 0.25) is 5.91 Å². The molecule has 3 amide bonds. The highest BCUT2D eigenvalue weighted by atomic mass is 32.1. The van der Waals surface area contributed by atoms with E-state index in [2.05, 4.69) is 5.32 Å². The Hall–Kier alpha value is -3.66. The number of hydrogen-bond acceptors (Lipinski definition) is 4. The van der Waals surface area contributed by atoms with Crippen molar-refractivity contribution in [2.45, 2.75) is 25.2 Å². The van der Waals surface area contributed by atoms with Crippen molar-refractivity contribution in [1.82, 2.24) is 4.90 Å². The first-order chi connectivity index (χ1) is 16.2. The standard InChI is InChI=1S/C24H17F3N4O2S/c1-12-9-15-20-16(10-12)28-18(32)11-30(20)23(33)31-21(15)19(29-22(31)17-3-2-8-34-17)13-4-6-14(7-5-13)24(25,26)27/h2-10,19,21H,11H2,1H3,(H,28,32). The van der Waals surface area contributed by atoms with E-state index in [1.807, 2.05) is 36.6 Å². The minimum absolute atomic E-state index is 0.117. The summed E-state index contributed by atoms with van der Waals surface area (Å²) in [6.45, 7) is 1.78. The highest BCUT2D eigenvalue weighted by Gasteiger charge is 2.51. The summed E-state index contributed by atoms with van der Waals surface area (Å²) in [6, 6.07) is 10.9. The van der Waals surface area contributed by atoms with Crippen LogP contribution in [0.1, 0.15) is 39.2 Å². The predicted molar refractivity (Wildman–Crippen MR) is 122 cm³/mol. The van der Waals surface area contributed by atoms with Crippen LogP contribution in [0.2, 0.25) is 0 Å². The molecule has 6 rings (SSSR count). The number of amidine groups is 1. The first kappa shape index (κ1) is 20.9. The van der Waals surface area contributed by atoms with Crippen LogP contribution in [-0.2, 0) is 11.0 Å². The summed E-state index contributed by atoms with van der Waals surface area (Å²) >= 11 is 1.42. The van der Waals surface area contributed by atoms with Crippen molar-refractivity contribution in [3.63, 3.8) is 0 Å². The van der Waals surface area contributed by atoms with Crippen LogP contribution in [0.5, 0.6) is 0 Å². The molecule has 3 aliphatic heterocycles. The van der Waals surface area contributed by atoms with E-state index in [9.17, 15) is 22.8 Å². The lowest BCUT2D eigenvalue weighted by molar-refractivity contribution is -0.137. The van der Waals surface area contributed by atoms with E-state index < -0.39 is 23.8 Å². The highest BCUT2D eigenvalue weighted by molar-refractivity contribution is 7.12. The van der Waals surface area contributed by atoms with Gasteiger partial charge >= 0.3 is 12.2 Å². The number of benzene rings is 2. The predicted octanol–water partition coefficient (Wildman–Crippen LogP) is 5.51. The lowest BCUT2D eigenvalue weighted by atomic mass is 9.88. The van der Waals surface area contributed by atoms with Gasteiger partial charge in [0.1, 0.15) is 12.6 Å². The molecule has 34 heavy (non-hydrogen) atoms. The number of nitrogens with one attached hydrogen (secondary N) is 1. The first-order valence-electron chi connectivity index (χ1n) is 10.6. The Bertz CT molecular complexity index is 1370. The summed E-state index contributed by atoms with van der Waals surface area (Å²) in [5.41, 5.74) is 2.70. The lowest BCUT2D eigenvalue weighted by Gasteiger charge is -2.43. The van der Waals surface area contributed by atoms with Crippen LogP contribution < -0.4 is 10.2 Å². The van der Waals surface area contributed by atoms with E-state index in [-0.39, 0.29) is 18.5 Å². The number of aliphatic imine (C=N–C) groups is 1. The van der Waals surface area contributed by atoms with Gasteiger partial charge in [-0.2, -0.15) is 13.2 Å². The number of hydrogen-bond donors (Lipinski definition) is 1. The van der Waals surface area contributed by atoms with E-state index in [0.717, 1.165) is 28.1 Å². The summed E-state index contributed by atoms with van der Waals surface area (Å²) in [4.78, 5) is 34.8. The zero-order chi connectivity index (χ0) is 23.8. The van der Waals surface area contributed by atoms with Gasteiger partial charge in [0.25, 0.3) is 0 Å². The first-order valence-corrected chi connectivity index (χ1v) is 11.4. The summed E-state index contributed by atoms with van der Waals surface area (Å²) in [5, 5.41) is 4.72. The average molecular weight is 482 g/mol. The van der Waals surface area contributed by atoms with Crippen molar-refractivity contribution in [3.8, 4) is 0 Å². The molecule has 4 heterocycles. The number of nitrogens with zero attached hydrogens (tertiary/aromatic N) is 3. The number of halogens is 3. The second-order valence-corrected chi connectivity index (χ2v) is 9.42. The second-order valence-electron chi connectivity index (χ2n) is 8.48. The smallest absolute Gasteiger partial charge is 0.323 e. The van der Waals surface area contributed by atoms with Crippen molar-refractivity contribution < 1.29 is 22.8 Å². The second kappa shape index (κ2) is 7.17. The monoisotopic (exact) mass is 482 g/mol. The average Bonchev–Trinajstić information content (AvgIpc) is 3.44. The molecular formula is C24H17F3N4O2S. The molecule has 0 aliphatic carbocycles. The van der Waals surface area contributed by atoms with Gasteiger partial charge in [-0.1, -0.05) is 24.3 Å². The van der Waals surface area contributed by atoms with Gasteiger partial charge in [0.15, 0.2) is 5.84 Å². The third kappa shape index (κ3) is 3.05. The van der Waals surface area contributed by atoms with Gasteiger partial charge < -0.3 is 5.32 Å². The molecule has 0 bridgehead atoms. The van der Waals surface area contributed by atoms with Crippen LogP contribution in [0.4, 0.5) is 29.3 Å². The number of carbonyl (C=O) groups excluding carboxylic acids is 2. The molecule has 3 aromatic rings. The fourth-order valence-corrected chi connectivity index (χ4v) is 5.62. The third-order valence-corrected chi connectivity index (χ3v) is 7.14. The van der Waals surface area contributed by atoms with Crippen LogP contribution in [0.3, 0.4) is 0 Å². The Labute approximate surface area is 196 Å². The number of fused-ring (bicyclic) bond motifs is 2. The zero-order valence-corrected chi connectivity index (χ0v) is 18.6. The summed E-state index contributed by atoms with van der Waals surface area (Å²) < 4.78 is 39.5. The molecule has 6 nitrogen and oxygen atoms in total. The molecule has 0 radical (unpaired) electrons. The zero-order valence-electron chi connectivity index (χ0n) is 17.8. The molecule has 172 valence electrons. The number of aryl methyl sites for hydroxylation is 1. The third-order valence-electron chi connectivity index (χ3n) is 6.27. The molecular weight excluding hydrogens is 465 g/mol. The molecule has 2 unspecified atom stereocenters. The summed E-state index contributed by atoms with van der Waals surface area (Å²) in [5.74, 6) is 0.165. The number of rotatable bonds is 2. The molecule has 0 spiro atoms. The van der Waals surface area contributed by atoms with Gasteiger partial charge in [-0.15, -0.1) is 11.3 Å². The Morgan fingerprint density at radius 2 is 1.88 bits per heavy atom. The van der Waals surface area contributed by atoms with E-state index in [1.54, 1.807) is 4.90 Å². The minimum atomic E-state index is -4.44. The van der Waals surface area contributed by atoms with Crippen molar-refractivity contribution in [1.29, 1.82) is 0 Å². The van der Waals surface area contributed by atoms with Crippen molar-refractivity contribution in [2.24, 2.45) is 4.99 Å². The van der Waals surface area contributed by atoms with E-state index in [1.165, 1.54) is 28.4 Å². The fourth-order valence-electron chi connectivity index (χ4n) is 4.91. The normalized spacial score (nSPS) is 21.2. The van der Waals surface area contributed by atoms with Gasteiger partial charge in [-0.3, -0.25) is 19.6 Å². The SMILES string of the molecule is Cc1cc2c3c(c1)C1C(c4ccc(C(F)(F)F)cc4)N=C(c4cccs4)N1C(=O)N3CC(=O)N2. The Balaban J connectivity index is 1.55. The number of alkyl halides is 3. The number of thiophene rings is 1. The van der Waals surface area contributed by atoms with Crippen molar-refractivity contribution in [2.75, 3.05) is 16.8 Å². The molecule has 0 fully saturated rings. The Morgan fingerprint density at radius 1 is 1.12 bits per heavy atom. The van der Waals surface area contributed by atoms with E-state index >= 15 is 0 Å². The Morgan fingerprint density at radius 3 is 2.56 bits per heavy atom. The maximum atomic E-state index is 13.7. The van der Waals surface area contributed by atoms with E-state index in [0.29, 0.717) is 22.8 Å². The molecule has 2 aromatic carbocycles. The molecule has 3 aliphatic rings. The van der Waals surface area contributed by atoms with Crippen molar-refractivity contribution >= 4 is 40.5 Å². The molecule has 1 N–H and O–H groups in total. The number of anilines is 2. The van der Waals surface area contributed by atoms with Crippen LogP contribution in [0.25, 0.3) is 0 Å².